The number of nitrogens with zero attached hydrogens (tertiary/aromatic N) is 3. The standard InChI is InChI=1S/C12H18BrClN4O/c1-8(2)11(19)18(3)6-4-5-15-10-9(13)7-16-12(14)17-10/h7-8H,4-6H2,1-3H3,(H,15,16,17). The zero-order valence-corrected chi connectivity index (χ0v) is 13.6. The van der Waals surface area contributed by atoms with Crippen LogP contribution in [-0.4, -0.2) is 40.9 Å². The highest BCUT2D eigenvalue weighted by molar-refractivity contribution is 9.10. The Morgan fingerprint density at radius 3 is 2.89 bits per heavy atom. The summed E-state index contributed by atoms with van der Waals surface area (Å²) in [4.78, 5) is 21.3. The number of hydrogen-bond donors (Lipinski definition) is 1. The summed E-state index contributed by atoms with van der Waals surface area (Å²) < 4.78 is 0.767. The Bertz CT molecular complexity index is 442. The molecule has 0 aromatic carbocycles. The lowest BCUT2D eigenvalue weighted by Crippen LogP contribution is -2.32. The molecule has 0 aliphatic rings. The van der Waals surface area contributed by atoms with Crippen molar-refractivity contribution in [1.82, 2.24) is 14.9 Å². The summed E-state index contributed by atoms with van der Waals surface area (Å²) in [5.41, 5.74) is 0. The lowest BCUT2D eigenvalue weighted by Gasteiger charge is -2.19. The number of hydrogen-bond acceptors (Lipinski definition) is 4. The second-order valence-corrected chi connectivity index (χ2v) is 5.72. The molecule has 0 atom stereocenters. The van der Waals surface area contributed by atoms with Gasteiger partial charge >= 0.3 is 0 Å². The zero-order chi connectivity index (χ0) is 14.4. The number of anilines is 1. The van der Waals surface area contributed by atoms with Crippen molar-refractivity contribution in [1.29, 1.82) is 0 Å². The molecule has 1 aromatic rings. The predicted molar refractivity (Wildman–Crippen MR) is 80.3 cm³/mol. The maximum Gasteiger partial charge on any atom is 0.224 e. The molecule has 0 unspecified atom stereocenters. The van der Waals surface area contributed by atoms with E-state index in [1.807, 2.05) is 20.9 Å². The van der Waals surface area contributed by atoms with Crippen LogP contribution in [0.4, 0.5) is 5.82 Å². The van der Waals surface area contributed by atoms with Crippen LogP contribution in [0.25, 0.3) is 0 Å². The predicted octanol–water partition coefficient (Wildman–Crippen LogP) is 2.81. The van der Waals surface area contributed by atoms with Crippen LogP contribution in [0.1, 0.15) is 20.3 Å². The van der Waals surface area contributed by atoms with E-state index in [0.29, 0.717) is 18.9 Å². The fraction of sp³-hybridized carbons (Fsp3) is 0.583. The molecule has 0 saturated heterocycles. The smallest absolute Gasteiger partial charge is 0.224 e. The highest BCUT2D eigenvalue weighted by atomic mass is 79.9. The average Bonchev–Trinajstić information content (AvgIpc) is 2.37. The van der Waals surface area contributed by atoms with E-state index in [0.717, 1.165) is 10.9 Å². The van der Waals surface area contributed by atoms with Crippen molar-refractivity contribution < 1.29 is 4.79 Å². The fourth-order valence-corrected chi connectivity index (χ4v) is 2.01. The Kier molecular flexibility index (Phi) is 6.51. The van der Waals surface area contributed by atoms with Gasteiger partial charge in [0, 0.05) is 32.3 Å². The molecule has 5 nitrogen and oxygen atoms in total. The second-order valence-electron chi connectivity index (χ2n) is 4.53. The SMILES string of the molecule is CC(C)C(=O)N(C)CCCNc1nc(Cl)ncc1Br. The molecular formula is C12H18BrClN4O. The van der Waals surface area contributed by atoms with Crippen molar-refractivity contribution >= 4 is 39.3 Å². The van der Waals surface area contributed by atoms with E-state index in [1.54, 1.807) is 11.1 Å². The first-order valence-electron chi connectivity index (χ1n) is 6.08. The summed E-state index contributed by atoms with van der Waals surface area (Å²) in [5.74, 6) is 0.858. The quantitative estimate of drug-likeness (QED) is 0.634. The van der Waals surface area contributed by atoms with Crippen molar-refractivity contribution in [3.8, 4) is 0 Å². The minimum absolute atomic E-state index is 0.0350. The lowest BCUT2D eigenvalue weighted by molar-refractivity contribution is -0.133. The van der Waals surface area contributed by atoms with Crippen LogP contribution >= 0.6 is 27.5 Å². The van der Waals surface area contributed by atoms with Gasteiger partial charge in [0.1, 0.15) is 5.82 Å². The zero-order valence-electron chi connectivity index (χ0n) is 11.3. The number of carbonyl (C=O) groups excluding carboxylic acids is 1. The van der Waals surface area contributed by atoms with Gasteiger partial charge < -0.3 is 10.2 Å². The summed E-state index contributed by atoms with van der Waals surface area (Å²) in [6, 6.07) is 0. The summed E-state index contributed by atoms with van der Waals surface area (Å²) in [5, 5.41) is 3.36. The van der Waals surface area contributed by atoms with E-state index >= 15 is 0 Å². The number of halogens is 2. The van der Waals surface area contributed by atoms with E-state index in [2.05, 4.69) is 31.2 Å². The van der Waals surface area contributed by atoms with Gasteiger partial charge in [0.05, 0.1) is 4.47 Å². The molecule has 1 N–H and O–H groups in total. The normalized spacial score (nSPS) is 10.6. The summed E-state index contributed by atoms with van der Waals surface area (Å²) in [6.07, 6.45) is 2.44. The Hall–Kier alpha value is -0.880. The van der Waals surface area contributed by atoms with Crippen molar-refractivity contribution in [3.63, 3.8) is 0 Å². The van der Waals surface area contributed by atoms with Crippen LogP contribution in [0, 0.1) is 5.92 Å². The molecule has 0 fully saturated rings. The van der Waals surface area contributed by atoms with Gasteiger partial charge in [-0.3, -0.25) is 4.79 Å². The minimum atomic E-state index is 0.0350. The Labute approximate surface area is 126 Å². The van der Waals surface area contributed by atoms with Crippen LogP contribution in [-0.2, 0) is 4.79 Å². The topological polar surface area (TPSA) is 58.1 Å². The summed E-state index contributed by atoms with van der Waals surface area (Å²) in [7, 11) is 1.82. The van der Waals surface area contributed by atoms with E-state index in [1.165, 1.54) is 0 Å². The van der Waals surface area contributed by atoms with Gasteiger partial charge in [0.2, 0.25) is 11.2 Å². The molecule has 7 heteroatoms. The Morgan fingerprint density at radius 1 is 1.58 bits per heavy atom. The van der Waals surface area contributed by atoms with Crippen LogP contribution in [0.15, 0.2) is 10.7 Å². The number of amides is 1. The third kappa shape index (κ3) is 5.32. The van der Waals surface area contributed by atoms with Crippen molar-refractivity contribution in [2.75, 3.05) is 25.5 Å². The average molecular weight is 350 g/mol. The Balaban J connectivity index is 2.35. The molecule has 1 aromatic heterocycles. The molecule has 0 radical (unpaired) electrons. The van der Waals surface area contributed by atoms with Gasteiger partial charge in [0.25, 0.3) is 0 Å². The van der Waals surface area contributed by atoms with Crippen molar-refractivity contribution in [3.05, 3.63) is 16.0 Å². The molecule has 106 valence electrons. The third-order valence-corrected chi connectivity index (χ3v) is 3.31. The largest absolute Gasteiger partial charge is 0.369 e. The van der Waals surface area contributed by atoms with Gasteiger partial charge in [0.15, 0.2) is 0 Å². The molecule has 0 aliphatic heterocycles. The minimum Gasteiger partial charge on any atom is -0.369 e. The molecule has 1 heterocycles. The van der Waals surface area contributed by atoms with Crippen LogP contribution < -0.4 is 5.32 Å². The summed E-state index contributed by atoms with van der Waals surface area (Å²) in [6.45, 7) is 5.22. The highest BCUT2D eigenvalue weighted by Crippen LogP contribution is 2.19. The van der Waals surface area contributed by atoms with Crippen LogP contribution in [0.5, 0.6) is 0 Å². The molecule has 0 saturated carbocycles. The number of aromatic nitrogens is 2. The molecule has 0 aliphatic carbocycles. The molecular weight excluding hydrogens is 332 g/mol. The molecule has 1 rings (SSSR count). The molecule has 19 heavy (non-hydrogen) atoms. The summed E-state index contributed by atoms with van der Waals surface area (Å²) >= 11 is 9.06. The molecule has 1 amide bonds. The van der Waals surface area contributed by atoms with Gasteiger partial charge in [-0.2, -0.15) is 4.98 Å². The third-order valence-electron chi connectivity index (χ3n) is 2.55. The first-order chi connectivity index (χ1) is 8.91. The lowest BCUT2D eigenvalue weighted by atomic mass is 10.2. The van der Waals surface area contributed by atoms with Crippen molar-refractivity contribution in [2.45, 2.75) is 20.3 Å². The van der Waals surface area contributed by atoms with Crippen LogP contribution in [0.2, 0.25) is 5.28 Å². The van der Waals surface area contributed by atoms with E-state index in [9.17, 15) is 4.79 Å². The molecule has 0 spiro atoms. The second kappa shape index (κ2) is 7.65. The first-order valence-corrected chi connectivity index (χ1v) is 7.25. The van der Waals surface area contributed by atoms with Crippen LogP contribution in [0.3, 0.4) is 0 Å². The number of rotatable bonds is 6. The van der Waals surface area contributed by atoms with Crippen molar-refractivity contribution in [2.24, 2.45) is 5.92 Å². The molecule has 0 bridgehead atoms. The maximum absolute atomic E-state index is 11.7. The number of nitrogens with one attached hydrogen (secondary N) is 1. The Morgan fingerprint density at radius 2 is 2.26 bits per heavy atom. The van der Waals surface area contributed by atoms with E-state index in [-0.39, 0.29) is 17.1 Å². The number of carbonyl (C=O) groups is 1. The monoisotopic (exact) mass is 348 g/mol. The maximum atomic E-state index is 11.7. The fourth-order valence-electron chi connectivity index (χ4n) is 1.54. The van der Waals surface area contributed by atoms with Gasteiger partial charge in [-0.05, 0) is 34.0 Å². The van der Waals surface area contributed by atoms with E-state index in [4.69, 9.17) is 11.6 Å². The van der Waals surface area contributed by atoms with Gasteiger partial charge in [-0.25, -0.2) is 4.98 Å². The van der Waals surface area contributed by atoms with E-state index < -0.39 is 0 Å². The highest BCUT2D eigenvalue weighted by Gasteiger charge is 2.12. The first kappa shape index (κ1) is 16.2. The van der Waals surface area contributed by atoms with Gasteiger partial charge in [-0.1, -0.05) is 13.8 Å². The van der Waals surface area contributed by atoms with Gasteiger partial charge in [-0.15, -0.1) is 0 Å².